The van der Waals surface area contributed by atoms with Gasteiger partial charge in [-0.3, -0.25) is 4.79 Å². The van der Waals surface area contributed by atoms with Crippen molar-refractivity contribution in [3.63, 3.8) is 0 Å². The Hall–Kier alpha value is -3.13. The van der Waals surface area contributed by atoms with Crippen molar-refractivity contribution in [2.24, 2.45) is 0 Å². The fraction of sp³-hybridized carbons (Fsp3) is 0. The highest BCUT2D eigenvalue weighted by Crippen LogP contribution is 2.24. The number of fused-ring (bicyclic) bond motifs is 1. The maximum atomic E-state index is 13.9. The van der Waals surface area contributed by atoms with Crippen LogP contribution in [-0.2, 0) is 0 Å². The zero-order valence-electron chi connectivity index (χ0n) is 10.9. The van der Waals surface area contributed by atoms with Gasteiger partial charge in [0.05, 0.1) is 17.2 Å². The number of H-pyrrole nitrogens is 1. The molecule has 0 saturated heterocycles. The maximum absolute atomic E-state index is 13.9. The van der Waals surface area contributed by atoms with Crippen molar-refractivity contribution in [1.29, 1.82) is 5.26 Å². The van der Waals surface area contributed by atoms with Crippen molar-refractivity contribution in [1.82, 2.24) is 4.98 Å². The number of nitriles is 1. The van der Waals surface area contributed by atoms with Crippen LogP contribution in [0.2, 0.25) is 0 Å². The summed E-state index contributed by atoms with van der Waals surface area (Å²) in [5.41, 5.74) is 7.22. The van der Waals surface area contributed by atoms with Crippen LogP contribution in [0.25, 0.3) is 10.9 Å². The Morgan fingerprint density at radius 2 is 2.00 bits per heavy atom. The lowest BCUT2D eigenvalue weighted by Crippen LogP contribution is -2.04. The number of anilines is 1. The zero-order chi connectivity index (χ0) is 15.0. The van der Waals surface area contributed by atoms with Gasteiger partial charge in [-0.2, -0.15) is 5.26 Å². The molecule has 0 atom stereocenters. The topological polar surface area (TPSA) is 82.7 Å². The highest BCUT2D eigenvalue weighted by atomic mass is 19.1. The number of nitrogen functional groups attached to an aromatic ring is 1. The number of aromatic nitrogens is 1. The number of rotatable bonds is 2. The van der Waals surface area contributed by atoms with Crippen molar-refractivity contribution < 1.29 is 9.18 Å². The second-order valence-electron chi connectivity index (χ2n) is 4.64. The minimum Gasteiger partial charge on any atom is -0.399 e. The summed E-state index contributed by atoms with van der Waals surface area (Å²) in [4.78, 5) is 15.4. The Bertz CT molecular complexity index is 906. The van der Waals surface area contributed by atoms with Gasteiger partial charge in [0.15, 0.2) is 5.78 Å². The lowest BCUT2D eigenvalue weighted by Gasteiger charge is -2.03. The molecule has 0 aliphatic rings. The van der Waals surface area contributed by atoms with Crippen molar-refractivity contribution in [2.75, 3.05) is 5.73 Å². The average Bonchev–Trinajstić information content (AvgIpc) is 2.89. The van der Waals surface area contributed by atoms with Crippen LogP contribution in [0, 0.1) is 17.1 Å². The minimum atomic E-state index is -0.650. The van der Waals surface area contributed by atoms with Crippen LogP contribution in [0.5, 0.6) is 0 Å². The third-order valence-corrected chi connectivity index (χ3v) is 3.29. The van der Waals surface area contributed by atoms with Crippen LogP contribution in [0.3, 0.4) is 0 Å². The molecule has 102 valence electrons. The number of nitrogens with zero attached hydrogens (tertiary/aromatic N) is 1. The van der Waals surface area contributed by atoms with Crippen molar-refractivity contribution in [2.45, 2.75) is 0 Å². The summed E-state index contributed by atoms with van der Waals surface area (Å²) in [6, 6.07) is 10.9. The zero-order valence-corrected chi connectivity index (χ0v) is 10.9. The first kappa shape index (κ1) is 12.9. The monoisotopic (exact) mass is 279 g/mol. The number of ketones is 1. The molecular formula is C16H10FN3O. The predicted octanol–water partition coefficient (Wildman–Crippen LogP) is 2.99. The van der Waals surface area contributed by atoms with Gasteiger partial charge in [-0.05, 0) is 30.3 Å². The molecule has 5 heteroatoms. The lowest BCUT2D eigenvalue weighted by molar-refractivity contribution is 0.103. The molecule has 4 nitrogen and oxygen atoms in total. The number of carbonyl (C=O) groups excluding carboxylic acids is 1. The number of hydrogen-bond donors (Lipinski definition) is 2. The van der Waals surface area contributed by atoms with Gasteiger partial charge in [0.1, 0.15) is 5.82 Å². The number of halogens is 1. The molecule has 0 aliphatic heterocycles. The third-order valence-electron chi connectivity index (χ3n) is 3.29. The first-order valence-corrected chi connectivity index (χ1v) is 6.21. The molecule has 0 fully saturated rings. The molecule has 3 N–H and O–H groups in total. The van der Waals surface area contributed by atoms with Crippen molar-refractivity contribution in [3.05, 3.63) is 65.1 Å². The van der Waals surface area contributed by atoms with Gasteiger partial charge < -0.3 is 10.7 Å². The number of carbonyl (C=O) groups is 1. The smallest absolute Gasteiger partial charge is 0.198 e. The summed E-state index contributed by atoms with van der Waals surface area (Å²) in [5.74, 6) is -1.08. The van der Waals surface area contributed by atoms with Gasteiger partial charge in [-0.1, -0.05) is 6.07 Å². The highest BCUT2D eigenvalue weighted by Gasteiger charge is 2.18. The number of hydrogen-bond acceptors (Lipinski definition) is 3. The van der Waals surface area contributed by atoms with Gasteiger partial charge in [-0.15, -0.1) is 0 Å². The molecule has 3 rings (SSSR count). The number of benzene rings is 2. The summed E-state index contributed by atoms with van der Waals surface area (Å²) in [6.07, 6.45) is 1.52. The second-order valence-corrected chi connectivity index (χ2v) is 4.64. The Morgan fingerprint density at radius 1 is 1.19 bits per heavy atom. The van der Waals surface area contributed by atoms with Crippen LogP contribution in [0.15, 0.2) is 42.6 Å². The van der Waals surface area contributed by atoms with Crippen molar-refractivity contribution >= 4 is 22.4 Å². The van der Waals surface area contributed by atoms with Gasteiger partial charge in [-0.25, -0.2) is 4.39 Å². The predicted molar refractivity (Wildman–Crippen MR) is 77.3 cm³/mol. The molecule has 0 aliphatic carbocycles. The molecule has 1 heterocycles. The molecular weight excluding hydrogens is 269 g/mol. The molecule has 2 aromatic carbocycles. The van der Waals surface area contributed by atoms with Gasteiger partial charge in [0.25, 0.3) is 0 Å². The summed E-state index contributed by atoms with van der Waals surface area (Å²) < 4.78 is 13.9. The normalized spacial score (nSPS) is 10.5. The number of aromatic amines is 1. The van der Waals surface area contributed by atoms with E-state index in [-0.39, 0.29) is 11.3 Å². The van der Waals surface area contributed by atoms with E-state index in [1.807, 2.05) is 6.07 Å². The fourth-order valence-electron chi connectivity index (χ4n) is 2.24. The first-order chi connectivity index (χ1) is 10.1. The van der Waals surface area contributed by atoms with E-state index in [1.54, 1.807) is 18.2 Å². The minimum absolute atomic E-state index is 0.0329. The van der Waals surface area contributed by atoms with E-state index < -0.39 is 11.6 Å². The Morgan fingerprint density at radius 3 is 2.71 bits per heavy atom. The first-order valence-electron chi connectivity index (χ1n) is 6.21. The molecule has 0 spiro atoms. The third kappa shape index (κ3) is 2.13. The molecule has 21 heavy (non-hydrogen) atoms. The van der Waals surface area contributed by atoms with E-state index in [0.29, 0.717) is 22.0 Å². The average molecular weight is 279 g/mol. The lowest BCUT2D eigenvalue weighted by atomic mass is 10.0. The Labute approximate surface area is 119 Å². The molecule has 0 saturated carbocycles. The standard InChI is InChI=1S/C16H10FN3O/c17-14-6-10(19)2-4-12(14)16(21)13-8-20-15-5-9(7-18)1-3-11(13)15/h1-6,8,20H,19H2. The summed E-state index contributed by atoms with van der Waals surface area (Å²) in [7, 11) is 0. The molecule has 0 unspecified atom stereocenters. The van der Waals surface area contributed by atoms with Crippen LogP contribution >= 0.6 is 0 Å². The van der Waals surface area contributed by atoms with E-state index in [2.05, 4.69) is 4.98 Å². The molecule has 0 amide bonds. The quantitative estimate of drug-likeness (QED) is 0.558. The number of nitrogens with two attached hydrogens (primary N) is 1. The molecule has 0 bridgehead atoms. The summed E-state index contributed by atoms with van der Waals surface area (Å²) >= 11 is 0. The van der Waals surface area contributed by atoms with Crippen LogP contribution in [-0.4, -0.2) is 10.8 Å². The maximum Gasteiger partial charge on any atom is 0.198 e. The van der Waals surface area contributed by atoms with E-state index >= 15 is 0 Å². The SMILES string of the molecule is N#Cc1ccc2c(C(=O)c3ccc(N)cc3F)c[nH]c2c1. The Balaban J connectivity index is 2.12. The van der Waals surface area contributed by atoms with E-state index in [4.69, 9.17) is 11.0 Å². The molecule has 1 aromatic heterocycles. The van der Waals surface area contributed by atoms with Crippen molar-refractivity contribution in [3.8, 4) is 6.07 Å². The van der Waals surface area contributed by atoms with Gasteiger partial charge in [0.2, 0.25) is 0 Å². The van der Waals surface area contributed by atoms with Crippen LogP contribution in [0.1, 0.15) is 21.5 Å². The fourth-order valence-corrected chi connectivity index (χ4v) is 2.24. The highest BCUT2D eigenvalue weighted by molar-refractivity contribution is 6.16. The van der Waals surface area contributed by atoms with E-state index in [9.17, 15) is 9.18 Å². The van der Waals surface area contributed by atoms with E-state index in [0.717, 1.165) is 6.07 Å². The van der Waals surface area contributed by atoms with Gasteiger partial charge in [0, 0.05) is 28.4 Å². The summed E-state index contributed by atoms with van der Waals surface area (Å²) in [5, 5.41) is 9.51. The Kier molecular flexibility index (Phi) is 2.92. The number of nitrogens with one attached hydrogen (secondary N) is 1. The molecule has 3 aromatic rings. The van der Waals surface area contributed by atoms with Gasteiger partial charge >= 0.3 is 0 Å². The van der Waals surface area contributed by atoms with Crippen LogP contribution in [0.4, 0.5) is 10.1 Å². The van der Waals surface area contributed by atoms with Crippen LogP contribution < -0.4 is 5.73 Å². The molecule has 0 radical (unpaired) electrons. The van der Waals surface area contributed by atoms with E-state index in [1.165, 1.54) is 18.3 Å². The summed E-state index contributed by atoms with van der Waals surface area (Å²) in [6.45, 7) is 0. The largest absolute Gasteiger partial charge is 0.399 e. The second kappa shape index (κ2) is 4.76.